The van der Waals surface area contributed by atoms with Crippen LogP contribution < -0.4 is 11.1 Å². The molecule has 0 radical (unpaired) electrons. The van der Waals surface area contributed by atoms with E-state index in [9.17, 15) is 4.79 Å². The lowest BCUT2D eigenvalue weighted by Crippen LogP contribution is -2.35. The van der Waals surface area contributed by atoms with Gasteiger partial charge < -0.3 is 15.8 Å². The molecule has 20 heavy (non-hydrogen) atoms. The normalized spacial score (nSPS) is 15.8. The van der Waals surface area contributed by atoms with Gasteiger partial charge in [0, 0.05) is 25.4 Å². The summed E-state index contributed by atoms with van der Waals surface area (Å²) in [4.78, 5) is 12.3. The molecule has 1 aliphatic rings. The van der Waals surface area contributed by atoms with Crippen LogP contribution in [0.1, 0.15) is 38.2 Å². The lowest BCUT2D eigenvalue weighted by molar-refractivity contribution is -0.123. The standard InChI is InChI=1S/C16H24N2O2/c1-2-11-20-12-3-10-18-15(19)16(8-9-16)13-4-6-14(17)7-5-13/h4-7H,2-3,8-12,17H2,1H3,(H,18,19). The second-order valence-corrected chi connectivity index (χ2v) is 5.43. The van der Waals surface area contributed by atoms with Crippen LogP contribution in [-0.4, -0.2) is 25.7 Å². The first-order valence-corrected chi connectivity index (χ1v) is 7.41. The molecule has 4 nitrogen and oxygen atoms in total. The fourth-order valence-corrected chi connectivity index (χ4v) is 2.37. The largest absolute Gasteiger partial charge is 0.399 e. The molecule has 1 saturated carbocycles. The Morgan fingerprint density at radius 2 is 2.00 bits per heavy atom. The van der Waals surface area contributed by atoms with Crippen LogP contribution in [0.15, 0.2) is 24.3 Å². The van der Waals surface area contributed by atoms with Crippen LogP contribution in [-0.2, 0) is 14.9 Å². The van der Waals surface area contributed by atoms with Gasteiger partial charge in [0.25, 0.3) is 0 Å². The molecule has 1 aromatic rings. The molecular weight excluding hydrogens is 252 g/mol. The quantitative estimate of drug-likeness (QED) is 0.565. The molecule has 1 aliphatic carbocycles. The monoisotopic (exact) mass is 276 g/mol. The average molecular weight is 276 g/mol. The van der Waals surface area contributed by atoms with E-state index in [1.54, 1.807) is 0 Å². The minimum absolute atomic E-state index is 0.137. The summed E-state index contributed by atoms with van der Waals surface area (Å²) in [7, 11) is 0. The molecule has 110 valence electrons. The van der Waals surface area contributed by atoms with Crippen molar-refractivity contribution in [3.05, 3.63) is 29.8 Å². The molecule has 2 rings (SSSR count). The Morgan fingerprint density at radius 1 is 1.30 bits per heavy atom. The second kappa shape index (κ2) is 6.75. The Balaban J connectivity index is 1.78. The molecule has 0 bridgehead atoms. The van der Waals surface area contributed by atoms with Crippen molar-refractivity contribution in [2.45, 2.75) is 38.0 Å². The maximum Gasteiger partial charge on any atom is 0.230 e. The van der Waals surface area contributed by atoms with Crippen molar-refractivity contribution in [1.29, 1.82) is 0 Å². The number of ether oxygens (including phenoxy) is 1. The number of hydrogen-bond donors (Lipinski definition) is 2. The van der Waals surface area contributed by atoms with Crippen LogP contribution in [0, 0.1) is 0 Å². The van der Waals surface area contributed by atoms with Crippen molar-refractivity contribution in [1.82, 2.24) is 5.32 Å². The van der Waals surface area contributed by atoms with Crippen LogP contribution in [0.5, 0.6) is 0 Å². The summed E-state index contributed by atoms with van der Waals surface area (Å²) in [6, 6.07) is 7.65. The zero-order valence-corrected chi connectivity index (χ0v) is 12.2. The van der Waals surface area contributed by atoms with E-state index in [1.165, 1.54) is 0 Å². The van der Waals surface area contributed by atoms with Gasteiger partial charge >= 0.3 is 0 Å². The van der Waals surface area contributed by atoms with Crippen molar-refractivity contribution >= 4 is 11.6 Å². The Hall–Kier alpha value is -1.55. The third-order valence-electron chi connectivity index (χ3n) is 3.75. The summed E-state index contributed by atoms with van der Waals surface area (Å²) >= 11 is 0. The highest BCUT2D eigenvalue weighted by atomic mass is 16.5. The van der Waals surface area contributed by atoms with Crippen molar-refractivity contribution in [3.8, 4) is 0 Å². The molecule has 0 unspecified atom stereocenters. The Morgan fingerprint density at radius 3 is 2.60 bits per heavy atom. The third-order valence-corrected chi connectivity index (χ3v) is 3.75. The number of nitrogen functional groups attached to an aromatic ring is 1. The van der Waals surface area contributed by atoms with E-state index in [-0.39, 0.29) is 11.3 Å². The van der Waals surface area contributed by atoms with Gasteiger partial charge in [-0.3, -0.25) is 4.79 Å². The van der Waals surface area contributed by atoms with E-state index >= 15 is 0 Å². The van der Waals surface area contributed by atoms with E-state index < -0.39 is 0 Å². The van der Waals surface area contributed by atoms with Crippen molar-refractivity contribution < 1.29 is 9.53 Å². The lowest BCUT2D eigenvalue weighted by Gasteiger charge is -2.16. The molecule has 0 aliphatic heterocycles. The fraction of sp³-hybridized carbons (Fsp3) is 0.562. The number of amides is 1. The predicted octanol–water partition coefficient (Wildman–Crippen LogP) is 2.23. The van der Waals surface area contributed by atoms with E-state index in [1.807, 2.05) is 24.3 Å². The first-order chi connectivity index (χ1) is 9.69. The number of hydrogen-bond acceptors (Lipinski definition) is 3. The highest BCUT2D eigenvalue weighted by Crippen LogP contribution is 2.48. The first kappa shape index (κ1) is 14.9. The fourth-order valence-electron chi connectivity index (χ4n) is 2.37. The van der Waals surface area contributed by atoms with Crippen molar-refractivity contribution in [2.75, 3.05) is 25.5 Å². The van der Waals surface area contributed by atoms with Gasteiger partial charge in [-0.15, -0.1) is 0 Å². The Kier molecular flexibility index (Phi) is 5.01. The van der Waals surface area contributed by atoms with Crippen molar-refractivity contribution in [3.63, 3.8) is 0 Å². The van der Waals surface area contributed by atoms with Gasteiger partial charge in [-0.05, 0) is 43.4 Å². The Bertz CT molecular complexity index is 438. The first-order valence-electron chi connectivity index (χ1n) is 7.41. The van der Waals surface area contributed by atoms with Crippen molar-refractivity contribution in [2.24, 2.45) is 0 Å². The van der Waals surface area contributed by atoms with E-state index in [4.69, 9.17) is 10.5 Å². The summed E-state index contributed by atoms with van der Waals surface area (Å²) in [5, 5.41) is 3.03. The maximum absolute atomic E-state index is 12.3. The van der Waals surface area contributed by atoms with Gasteiger partial charge in [0.15, 0.2) is 0 Å². The van der Waals surface area contributed by atoms with Crippen LogP contribution in [0.3, 0.4) is 0 Å². The molecule has 0 heterocycles. The summed E-state index contributed by atoms with van der Waals surface area (Å²) in [5.41, 5.74) is 7.19. The number of benzene rings is 1. The minimum Gasteiger partial charge on any atom is -0.399 e. The van der Waals surface area contributed by atoms with Crippen LogP contribution >= 0.6 is 0 Å². The summed E-state index contributed by atoms with van der Waals surface area (Å²) in [6.45, 7) is 4.27. The Labute approximate surface area is 120 Å². The summed E-state index contributed by atoms with van der Waals surface area (Å²) < 4.78 is 5.40. The smallest absolute Gasteiger partial charge is 0.230 e. The minimum atomic E-state index is -0.308. The molecule has 0 aromatic heterocycles. The lowest BCUT2D eigenvalue weighted by atomic mass is 9.95. The summed E-state index contributed by atoms with van der Waals surface area (Å²) in [5.74, 6) is 0.137. The molecule has 1 amide bonds. The number of nitrogens with two attached hydrogens (primary N) is 1. The van der Waals surface area contributed by atoms with Gasteiger partial charge in [-0.25, -0.2) is 0 Å². The molecule has 1 aromatic carbocycles. The molecular formula is C16H24N2O2. The van der Waals surface area contributed by atoms with E-state index in [0.717, 1.165) is 43.5 Å². The topological polar surface area (TPSA) is 64.3 Å². The highest BCUT2D eigenvalue weighted by molar-refractivity contribution is 5.91. The zero-order chi connectivity index (χ0) is 14.4. The van der Waals surface area contributed by atoms with E-state index in [0.29, 0.717) is 13.2 Å². The van der Waals surface area contributed by atoms with Gasteiger partial charge in [0.2, 0.25) is 5.91 Å². The highest BCUT2D eigenvalue weighted by Gasteiger charge is 2.50. The van der Waals surface area contributed by atoms with Crippen LogP contribution in [0.25, 0.3) is 0 Å². The third kappa shape index (κ3) is 3.51. The molecule has 0 atom stereocenters. The second-order valence-electron chi connectivity index (χ2n) is 5.43. The van der Waals surface area contributed by atoms with Gasteiger partial charge in [-0.1, -0.05) is 19.1 Å². The van der Waals surface area contributed by atoms with Crippen LogP contribution in [0.4, 0.5) is 5.69 Å². The van der Waals surface area contributed by atoms with E-state index in [2.05, 4.69) is 12.2 Å². The van der Waals surface area contributed by atoms with Crippen LogP contribution in [0.2, 0.25) is 0 Å². The molecule has 3 N–H and O–H groups in total. The number of carbonyl (C=O) groups is 1. The van der Waals surface area contributed by atoms with Gasteiger partial charge in [0.1, 0.15) is 0 Å². The number of carbonyl (C=O) groups excluding carboxylic acids is 1. The zero-order valence-electron chi connectivity index (χ0n) is 12.2. The maximum atomic E-state index is 12.3. The number of nitrogens with one attached hydrogen (secondary N) is 1. The molecule has 0 spiro atoms. The number of rotatable bonds is 8. The summed E-state index contributed by atoms with van der Waals surface area (Å²) in [6.07, 6.45) is 3.75. The van der Waals surface area contributed by atoms with Gasteiger partial charge in [0.05, 0.1) is 5.41 Å². The average Bonchev–Trinajstić information content (AvgIpc) is 3.25. The SMILES string of the molecule is CCCOCCCNC(=O)C1(c2ccc(N)cc2)CC1. The molecule has 0 saturated heterocycles. The number of anilines is 1. The predicted molar refractivity (Wildman–Crippen MR) is 80.5 cm³/mol. The molecule has 4 heteroatoms. The molecule has 1 fully saturated rings. The van der Waals surface area contributed by atoms with Gasteiger partial charge in [-0.2, -0.15) is 0 Å².